The van der Waals surface area contributed by atoms with Gasteiger partial charge in [0.15, 0.2) is 5.78 Å². The van der Waals surface area contributed by atoms with Crippen molar-refractivity contribution in [1.82, 2.24) is 4.98 Å². The van der Waals surface area contributed by atoms with E-state index in [2.05, 4.69) is 17.0 Å². The summed E-state index contributed by atoms with van der Waals surface area (Å²) in [7, 11) is 0. The van der Waals surface area contributed by atoms with Crippen LogP contribution in [-0.2, 0) is 22.4 Å². The average Bonchev–Trinajstić information content (AvgIpc) is 3.12. The number of ketones is 1. The maximum absolute atomic E-state index is 13.2. The molecule has 4 rings (SSSR count). The second-order valence-corrected chi connectivity index (χ2v) is 6.94. The molecular formula is C24H21N3O2. The van der Waals surface area contributed by atoms with Gasteiger partial charge in [0, 0.05) is 12.6 Å². The number of aromatic nitrogens is 1. The molecule has 5 heteroatoms. The van der Waals surface area contributed by atoms with E-state index in [1.54, 1.807) is 30.5 Å². The summed E-state index contributed by atoms with van der Waals surface area (Å²) in [5.41, 5.74) is 3.64. The highest BCUT2D eigenvalue weighted by Crippen LogP contribution is 2.27. The molecule has 0 radical (unpaired) electrons. The van der Waals surface area contributed by atoms with Gasteiger partial charge in [0.2, 0.25) is 0 Å². The number of hydrogen-bond donors (Lipinski definition) is 0. The summed E-state index contributed by atoms with van der Waals surface area (Å²) >= 11 is 0. The van der Waals surface area contributed by atoms with Crippen LogP contribution in [0.4, 0.5) is 5.69 Å². The number of para-hydroxylation sites is 1. The van der Waals surface area contributed by atoms with Crippen LogP contribution in [0.2, 0.25) is 0 Å². The van der Waals surface area contributed by atoms with E-state index in [9.17, 15) is 9.59 Å². The molecular weight excluding hydrogens is 362 g/mol. The van der Waals surface area contributed by atoms with Crippen LogP contribution >= 0.6 is 0 Å². The number of rotatable bonds is 6. The van der Waals surface area contributed by atoms with Crippen LogP contribution in [-0.4, -0.2) is 22.4 Å². The Kier molecular flexibility index (Phi) is 5.29. The maximum Gasteiger partial charge on any atom is 0.264 e. The summed E-state index contributed by atoms with van der Waals surface area (Å²) in [5.74, 6) is -1.48. The molecule has 1 unspecified atom stereocenters. The third kappa shape index (κ3) is 3.85. The van der Waals surface area contributed by atoms with Gasteiger partial charge in [-0.2, -0.15) is 10.1 Å². The molecule has 0 N–H and O–H groups in total. The van der Waals surface area contributed by atoms with Crippen molar-refractivity contribution in [3.05, 3.63) is 95.8 Å². The number of aryl methyl sites for hydroxylation is 1. The zero-order valence-electron chi connectivity index (χ0n) is 16.2. The lowest BCUT2D eigenvalue weighted by molar-refractivity contribution is -0.128. The summed E-state index contributed by atoms with van der Waals surface area (Å²) in [5, 5.41) is 5.82. The van der Waals surface area contributed by atoms with Crippen molar-refractivity contribution in [2.75, 3.05) is 5.01 Å². The Morgan fingerprint density at radius 2 is 1.72 bits per heavy atom. The Bertz CT molecular complexity index is 1060. The monoisotopic (exact) mass is 383 g/mol. The summed E-state index contributed by atoms with van der Waals surface area (Å²) < 4.78 is 0. The average molecular weight is 383 g/mol. The van der Waals surface area contributed by atoms with Crippen LogP contribution in [0.3, 0.4) is 0 Å². The first-order chi connectivity index (χ1) is 14.2. The first-order valence-corrected chi connectivity index (χ1v) is 9.67. The van der Waals surface area contributed by atoms with Gasteiger partial charge in [0.05, 0.1) is 11.4 Å². The summed E-state index contributed by atoms with van der Waals surface area (Å²) in [6.45, 7) is 2.07. The molecule has 3 aromatic rings. The minimum atomic E-state index is -0.963. The molecule has 0 saturated heterocycles. The Labute approximate surface area is 169 Å². The van der Waals surface area contributed by atoms with Gasteiger partial charge < -0.3 is 0 Å². The Morgan fingerprint density at radius 1 is 0.966 bits per heavy atom. The fraction of sp³-hybridized carbons (Fsp3) is 0.167. The number of nitrogens with zero attached hydrogens (tertiary/aromatic N) is 3. The Hall–Kier alpha value is -3.60. The largest absolute Gasteiger partial charge is 0.298 e. The Morgan fingerprint density at radius 3 is 2.45 bits per heavy atom. The third-order valence-electron chi connectivity index (χ3n) is 4.96. The summed E-state index contributed by atoms with van der Waals surface area (Å²) in [4.78, 5) is 30.8. The molecule has 1 aliphatic heterocycles. The third-order valence-corrected chi connectivity index (χ3v) is 4.96. The molecule has 0 saturated carbocycles. The van der Waals surface area contributed by atoms with Gasteiger partial charge in [-0.1, -0.05) is 55.5 Å². The van der Waals surface area contributed by atoms with E-state index >= 15 is 0 Å². The van der Waals surface area contributed by atoms with Crippen molar-refractivity contribution in [3.63, 3.8) is 0 Å². The molecule has 2 heterocycles. The van der Waals surface area contributed by atoms with Crippen molar-refractivity contribution in [2.24, 2.45) is 11.0 Å². The number of carbonyl (C=O) groups is 2. The fourth-order valence-electron chi connectivity index (χ4n) is 3.47. The summed E-state index contributed by atoms with van der Waals surface area (Å²) in [6.07, 6.45) is 2.71. The topological polar surface area (TPSA) is 62.6 Å². The maximum atomic E-state index is 13.2. The second-order valence-electron chi connectivity index (χ2n) is 6.94. The molecule has 0 spiro atoms. The van der Waals surface area contributed by atoms with E-state index in [4.69, 9.17) is 0 Å². The number of pyridine rings is 1. The van der Waals surface area contributed by atoms with Crippen LogP contribution in [0.1, 0.15) is 23.7 Å². The molecule has 0 fully saturated rings. The lowest BCUT2D eigenvalue weighted by Gasteiger charge is -2.14. The van der Waals surface area contributed by atoms with Gasteiger partial charge in [-0.3, -0.25) is 14.6 Å². The number of carbonyl (C=O) groups excluding carboxylic acids is 2. The fourth-order valence-corrected chi connectivity index (χ4v) is 3.47. The van der Waals surface area contributed by atoms with Crippen molar-refractivity contribution < 1.29 is 9.59 Å². The second kappa shape index (κ2) is 8.19. The van der Waals surface area contributed by atoms with E-state index in [-0.39, 0.29) is 18.1 Å². The van der Waals surface area contributed by atoms with Gasteiger partial charge in [-0.15, -0.1) is 0 Å². The minimum absolute atomic E-state index is 0.175. The van der Waals surface area contributed by atoms with Crippen LogP contribution in [0.15, 0.2) is 84.1 Å². The molecule has 29 heavy (non-hydrogen) atoms. The Balaban J connectivity index is 1.69. The predicted molar refractivity (Wildman–Crippen MR) is 113 cm³/mol. The van der Waals surface area contributed by atoms with Gasteiger partial charge in [-0.25, -0.2) is 0 Å². The molecule has 0 aliphatic carbocycles. The van der Waals surface area contributed by atoms with Crippen LogP contribution in [0.5, 0.6) is 0 Å². The summed E-state index contributed by atoms with van der Waals surface area (Å²) in [6, 6.07) is 22.5. The van der Waals surface area contributed by atoms with Crippen molar-refractivity contribution in [1.29, 1.82) is 0 Å². The van der Waals surface area contributed by atoms with Crippen LogP contribution in [0.25, 0.3) is 0 Å². The number of hydrazone groups is 1. The standard InChI is InChI=1S/C24H21N3O2/c1-2-17-9-8-10-18(15-17)16-21(28)22-23(20-13-6-7-14-25-20)26-27(24(22)29)19-11-4-3-5-12-19/h3-15,22H,2,16H2,1H3. The van der Waals surface area contributed by atoms with Crippen molar-refractivity contribution in [3.8, 4) is 0 Å². The van der Waals surface area contributed by atoms with E-state index in [0.717, 1.165) is 17.5 Å². The minimum Gasteiger partial charge on any atom is -0.298 e. The quantitative estimate of drug-likeness (QED) is 0.608. The number of Topliss-reactive ketones (excluding diaryl/α,β-unsaturated/α-hetero) is 1. The molecule has 144 valence electrons. The lowest BCUT2D eigenvalue weighted by atomic mass is 9.91. The SMILES string of the molecule is CCc1cccc(CC(=O)C2C(=O)N(c3ccccc3)N=C2c2ccccn2)c1. The zero-order chi connectivity index (χ0) is 20.2. The first kappa shape index (κ1) is 18.7. The molecule has 1 aliphatic rings. The van der Waals surface area contributed by atoms with E-state index in [0.29, 0.717) is 17.1 Å². The highest BCUT2D eigenvalue weighted by atomic mass is 16.2. The smallest absolute Gasteiger partial charge is 0.264 e. The predicted octanol–water partition coefficient (Wildman–Crippen LogP) is 3.82. The number of anilines is 1. The van der Waals surface area contributed by atoms with Gasteiger partial charge in [-0.05, 0) is 41.8 Å². The van der Waals surface area contributed by atoms with Gasteiger partial charge in [0.25, 0.3) is 5.91 Å². The molecule has 1 aromatic heterocycles. The van der Waals surface area contributed by atoms with E-state index in [1.807, 2.05) is 48.5 Å². The molecule has 1 amide bonds. The molecule has 1 atom stereocenters. The molecule has 0 bridgehead atoms. The molecule has 5 nitrogen and oxygen atoms in total. The lowest BCUT2D eigenvalue weighted by Crippen LogP contribution is -2.34. The zero-order valence-corrected chi connectivity index (χ0v) is 16.2. The van der Waals surface area contributed by atoms with Crippen molar-refractivity contribution in [2.45, 2.75) is 19.8 Å². The van der Waals surface area contributed by atoms with Crippen LogP contribution < -0.4 is 5.01 Å². The molecule has 2 aromatic carbocycles. The van der Waals surface area contributed by atoms with Crippen molar-refractivity contribution >= 4 is 23.1 Å². The number of hydrogen-bond acceptors (Lipinski definition) is 4. The normalized spacial score (nSPS) is 16.0. The van der Waals surface area contributed by atoms with Gasteiger partial charge in [0.1, 0.15) is 11.6 Å². The first-order valence-electron chi connectivity index (χ1n) is 9.67. The van der Waals surface area contributed by atoms with E-state index in [1.165, 1.54) is 5.01 Å². The number of benzene rings is 2. The van der Waals surface area contributed by atoms with Crippen LogP contribution in [0, 0.1) is 5.92 Å². The van der Waals surface area contributed by atoms with Gasteiger partial charge >= 0.3 is 0 Å². The number of amides is 1. The highest BCUT2D eigenvalue weighted by molar-refractivity contribution is 6.31. The van der Waals surface area contributed by atoms with E-state index < -0.39 is 5.92 Å². The highest BCUT2D eigenvalue weighted by Gasteiger charge is 2.42.